The molecule has 33 heavy (non-hydrogen) atoms. The lowest BCUT2D eigenvalue weighted by Crippen LogP contribution is -2.24. The molecule has 1 amide bonds. The van der Waals surface area contributed by atoms with E-state index < -0.39 is 0 Å². The summed E-state index contributed by atoms with van der Waals surface area (Å²) < 4.78 is 17.0. The van der Waals surface area contributed by atoms with Crippen LogP contribution in [-0.4, -0.2) is 25.8 Å². The summed E-state index contributed by atoms with van der Waals surface area (Å²) in [6, 6.07) is 17.7. The van der Waals surface area contributed by atoms with Crippen molar-refractivity contribution in [1.29, 1.82) is 0 Å². The summed E-state index contributed by atoms with van der Waals surface area (Å²) in [6.45, 7) is 8.37. The van der Waals surface area contributed by atoms with E-state index in [4.69, 9.17) is 14.2 Å². The normalized spacial score (nSPS) is 10.8. The highest BCUT2D eigenvalue weighted by Crippen LogP contribution is 2.28. The summed E-state index contributed by atoms with van der Waals surface area (Å²) in [4.78, 5) is 12.1. The van der Waals surface area contributed by atoms with E-state index in [-0.39, 0.29) is 12.5 Å². The van der Waals surface area contributed by atoms with Gasteiger partial charge in [-0.25, -0.2) is 5.43 Å². The Labute approximate surface area is 195 Å². The number of methoxy groups -OCH3 is 1. The molecule has 0 aliphatic heterocycles. The van der Waals surface area contributed by atoms with Crippen LogP contribution in [0.1, 0.15) is 33.4 Å². The Morgan fingerprint density at radius 3 is 2.36 bits per heavy atom. The second-order valence-electron chi connectivity index (χ2n) is 7.97. The second kappa shape index (κ2) is 11.2. The number of rotatable bonds is 9. The molecule has 0 unspecified atom stereocenters. The standard InChI is InChI=1S/C27H30N2O4/c1-18-6-8-22(9-7-18)16-32-24-11-10-23(14-26(24)31-5)15-28-29-27(30)17-33-25-13-19(2)12-20(3)21(25)4/h6-15H,16-17H2,1-5H3,(H,29,30)/b28-15+. The van der Waals surface area contributed by atoms with Crippen molar-refractivity contribution in [3.8, 4) is 17.2 Å². The molecular formula is C27H30N2O4. The Morgan fingerprint density at radius 2 is 1.64 bits per heavy atom. The summed E-state index contributed by atoms with van der Waals surface area (Å²) in [7, 11) is 1.59. The Balaban J connectivity index is 1.54. The number of hydrogen-bond acceptors (Lipinski definition) is 5. The van der Waals surface area contributed by atoms with Crippen LogP contribution >= 0.6 is 0 Å². The molecule has 3 aromatic carbocycles. The number of aryl methyl sites for hydroxylation is 3. The molecule has 0 saturated heterocycles. The molecule has 1 N–H and O–H groups in total. The van der Waals surface area contributed by atoms with E-state index in [1.165, 1.54) is 5.56 Å². The van der Waals surface area contributed by atoms with Gasteiger partial charge in [0.2, 0.25) is 0 Å². The predicted octanol–water partition coefficient (Wildman–Crippen LogP) is 5.04. The van der Waals surface area contributed by atoms with Gasteiger partial charge in [-0.3, -0.25) is 4.79 Å². The van der Waals surface area contributed by atoms with E-state index in [1.807, 2.05) is 51.1 Å². The number of nitrogens with zero attached hydrogens (tertiary/aromatic N) is 1. The Hall–Kier alpha value is -3.80. The first kappa shape index (κ1) is 23.9. The van der Waals surface area contributed by atoms with E-state index in [0.29, 0.717) is 23.9 Å². The van der Waals surface area contributed by atoms with Crippen molar-refractivity contribution in [3.05, 3.63) is 88.0 Å². The number of carbonyl (C=O) groups excluding carboxylic acids is 1. The number of hydrazone groups is 1. The van der Waals surface area contributed by atoms with Gasteiger partial charge in [-0.2, -0.15) is 5.10 Å². The topological polar surface area (TPSA) is 69.2 Å². The molecule has 0 heterocycles. The van der Waals surface area contributed by atoms with Crippen molar-refractivity contribution >= 4 is 12.1 Å². The lowest BCUT2D eigenvalue weighted by molar-refractivity contribution is -0.123. The SMILES string of the molecule is COc1cc(/C=N/NC(=O)COc2cc(C)cc(C)c2C)ccc1OCc1ccc(C)cc1. The molecule has 0 spiro atoms. The van der Waals surface area contributed by atoms with E-state index in [1.54, 1.807) is 19.4 Å². The molecular weight excluding hydrogens is 416 g/mol. The lowest BCUT2D eigenvalue weighted by atomic mass is 10.1. The van der Waals surface area contributed by atoms with E-state index in [9.17, 15) is 4.79 Å². The lowest BCUT2D eigenvalue weighted by Gasteiger charge is -2.12. The van der Waals surface area contributed by atoms with Gasteiger partial charge in [0.1, 0.15) is 12.4 Å². The first-order chi connectivity index (χ1) is 15.9. The molecule has 3 aromatic rings. The third kappa shape index (κ3) is 6.84. The fourth-order valence-corrected chi connectivity index (χ4v) is 3.23. The predicted molar refractivity (Wildman–Crippen MR) is 130 cm³/mol. The van der Waals surface area contributed by atoms with Crippen LogP contribution in [0.3, 0.4) is 0 Å². The Bertz CT molecular complexity index is 1140. The third-order valence-electron chi connectivity index (χ3n) is 5.23. The van der Waals surface area contributed by atoms with Crippen molar-refractivity contribution in [2.75, 3.05) is 13.7 Å². The van der Waals surface area contributed by atoms with Crippen molar-refractivity contribution < 1.29 is 19.0 Å². The molecule has 0 fully saturated rings. The zero-order valence-electron chi connectivity index (χ0n) is 19.8. The van der Waals surface area contributed by atoms with Gasteiger partial charge in [0.05, 0.1) is 13.3 Å². The molecule has 6 heteroatoms. The fourth-order valence-electron chi connectivity index (χ4n) is 3.23. The molecule has 0 radical (unpaired) electrons. The molecule has 0 aromatic heterocycles. The number of hydrogen-bond donors (Lipinski definition) is 1. The van der Waals surface area contributed by atoms with Gasteiger partial charge >= 0.3 is 0 Å². The maximum Gasteiger partial charge on any atom is 0.277 e. The first-order valence-corrected chi connectivity index (χ1v) is 10.7. The molecule has 0 bridgehead atoms. The van der Waals surface area contributed by atoms with Crippen molar-refractivity contribution in [2.45, 2.75) is 34.3 Å². The molecule has 0 aliphatic carbocycles. The van der Waals surface area contributed by atoms with Crippen LogP contribution in [0, 0.1) is 27.7 Å². The summed E-state index contributed by atoms with van der Waals surface area (Å²) in [5.41, 5.74) is 8.78. The van der Waals surface area contributed by atoms with Gasteiger partial charge in [-0.1, -0.05) is 35.9 Å². The summed E-state index contributed by atoms with van der Waals surface area (Å²) in [6.07, 6.45) is 1.55. The zero-order valence-corrected chi connectivity index (χ0v) is 19.8. The van der Waals surface area contributed by atoms with Gasteiger partial charge in [0.25, 0.3) is 5.91 Å². The van der Waals surface area contributed by atoms with Crippen LogP contribution in [-0.2, 0) is 11.4 Å². The largest absolute Gasteiger partial charge is 0.493 e. The number of ether oxygens (including phenoxy) is 3. The summed E-state index contributed by atoms with van der Waals surface area (Å²) >= 11 is 0. The highest BCUT2D eigenvalue weighted by atomic mass is 16.5. The number of nitrogens with one attached hydrogen (secondary N) is 1. The molecule has 172 valence electrons. The van der Waals surface area contributed by atoms with Crippen LogP contribution in [0.15, 0.2) is 59.7 Å². The highest BCUT2D eigenvalue weighted by Gasteiger charge is 2.08. The van der Waals surface area contributed by atoms with Gasteiger partial charge < -0.3 is 14.2 Å². The smallest absolute Gasteiger partial charge is 0.277 e. The van der Waals surface area contributed by atoms with Crippen molar-refractivity contribution in [3.63, 3.8) is 0 Å². The van der Waals surface area contributed by atoms with E-state index in [0.717, 1.165) is 27.8 Å². The molecule has 0 atom stereocenters. The third-order valence-corrected chi connectivity index (χ3v) is 5.23. The minimum absolute atomic E-state index is 0.115. The van der Waals surface area contributed by atoms with Crippen LogP contribution in [0.25, 0.3) is 0 Å². The van der Waals surface area contributed by atoms with Crippen LogP contribution in [0.5, 0.6) is 17.2 Å². The van der Waals surface area contributed by atoms with Crippen molar-refractivity contribution in [1.82, 2.24) is 5.43 Å². The number of carbonyl (C=O) groups is 1. The monoisotopic (exact) mass is 446 g/mol. The summed E-state index contributed by atoms with van der Waals surface area (Å²) in [5.74, 6) is 1.59. The maximum absolute atomic E-state index is 12.1. The average molecular weight is 447 g/mol. The van der Waals surface area contributed by atoms with Crippen LogP contribution in [0.2, 0.25) is 0 Å². The zero-order chi connectivity index (χ0) is 23.8. The van der Waals surface area contributed by atoms with E-state index in [2.05, 4.69) is 35.7 Å². The Morgan fingerprint density at radius 1 is 0.879 bits per heavy atom. The van der Waals surface area contributed by atoms with Crippen LogP contribution in [0.4, 0.5) is 0 Å². The minimum Gasteiger partial charge on any atom is -0.493 e. The molecule has 0 saturated carbocycles. The van der Waals surface area contributed by atoms with Gasteiger partial charge in [0.15, 0.2) is 18.1 Å². The first-order valence-electron chi connectivity index (χ1n) is 10.7. The molecule has 3 rings (SSSR count). The minimum atomic E-state index is -0.338. The average Bonchev–Trinajstić information content (AvgIpc) is 2.80. The number of amides is 1. The van der Waals surface area contributed by atoms with Crippen LogP contribution < -0.4 is 19.6 Å². The van der Waals surface area contributed by atoms with Gasteiger partial charge in [0, 0.05) is 0 Å². The molecule has 6 nitrogen and oxygen atoms in total. The van der Waals surface area contributed by atoms with Gasteiger partial charge in [-0.15, -0.1) is 0 Å². The van der Waals surface area contributed by atoms with E-state index >= 15 is 0 Å². The maximum atomic E-state index is 12.1. The number of benzene rings is 3. The fraction of sp³-hybridized carbons (Fsp3) is 0.259. The Kier molecular flexibility index (Phi) is 8.08. The highest BCUT2D eigenvalue weighted by molar-refractivity contribution is 5.83. The van der Waals surface area contributed by atoms with Gasteiger partial charge in [-0.05, 0) is 79.8 Å². The quantitative estimate of drug-likeness (QED) is 0.369. The molecule has 0 aliphatic rings. The van der Waals surface area contributed by atoms with Crippen molar-refractivity contribution in [2.24, 2.45) is 5.10 Å². The second-order valence-corrected chi connectivity index (χ2v) is 7.97. The summed E-state index contributed by atoms with van der Waals surface area (Å²) in [5, 5.41) is 4.02.